The van der Waals surface area contributed by atoms with Crippen LogP contribution in [-0.2, 0) is 9.09 Å². The van der Waals surface area contributed by atoms with E-state index in [2.05, 4.69) is 9.29 Å². The Morgan fingerprint density at radius 2 is 2.46 bits per heavy atom. The van der Waals surface area contributed by atoms with Crippen LogP contribution in [0.15, 0.2) is 17.1 Å². The Labute approximate surface area is 80.1 Å². The number of alkyl halides is 1. The second-order valence-corrected chi connectivity index (χ2v) is 4.57. The lowest BCUT2D eigenvalue weighted by Gasteiger charge is -2.13. The van der Waals surface area contributed by atoms with E-state index in [1.165, 1.54) is 6.08 Å². The number of hydrogen-bond donors (Lipinski definition) is 1. The Balaban J connectivity index is 2.89. The highest BCUT2D eigenvalue weighted by atomic mass is 35.5. The first-order valence-electron chi connectivity index (χ1n) is 3.48. The van der Waals surface area contributed by atoms with Crippen LogP contribution in [-0.4, -0.2) is 17.2 Å². The summed E-state index contributed by atoms with van der Waals surface area (Å²) in [5.41, 5.74) is 4.27. The van der Waals surface area contributed by atoms with E-state index in [1.807, 2.05) is 0 Å². The molecule has 0 aromatic rings. The second-order valence-electron chi connectivity index (χ2n) is 2.30. The SMILES string of the molecule is NC(=O)P1(=O)N=C(CCCl)C=CO1. The Bertz CT molecular complexity index is 326. The zero-order chi connectivity index (χ0) is 9.90. The van der Waals surface area contributed by atoms with Crippen molar-refractivity contribution in [3.8, 4) is 0 Å². The van der Waals surface area contributed by atoms with Gasteiger partial charge >= 0.3 is 13.2 Å². The average molecular weight is 223 g/mol. The van der Waals surface area contributed by atoms with Gasteiger partial charge in [0.2, 0.25) is 0 Å². The van der Waals surface area contributed by atoms with Crippen LogP contribution in [0.3, 0.4) is 0 Å². The van der Waals surface area contributed by atoms with Crippen molar-refractivity contribution in [3.63, 3.8) is 0 Å². The predicted octanol–water partition coefficient (Wildman–Crippen LogP) is 1.87. The maximum atomic E-state index is 11.4. The number of hydrogen-bond acceptors (Lipinski definition) is 3. The van der Waals surface area contributed by atoms with Gasteiger partial charge in [-0.1, -0.05) is 0 Å². The van der Waals surface area contributed by atoms with Crippen LogP contribution in [0.25, 0.3) is 0 Å². The number of rotatable bonds is 3. The van der Waals surface area contributed by atoms with Crippen molar-refractivity contribution in [2.45, 2.75) is 6.42 Å². The molecule has 0 fully saturated rings. The number of primary amides is 1. The number of nitrogens with two attached hydrogens (primary N) is 1. The summed E-state index contributed by atoms with van der Waals surface area (Å²) >= 11 is 5.45. The first-order chi connectivity index (χ1) is 6.08. The topological polar surface area (TPSA) is 81.8 Å². The summed E-state index contributed by atoms with van der Waals surface area (Å²) in [6.45, 7) is 0. The molecule has 0 radical (unpaired) electrons. The average Bonchev–Trinajstić information content (AvgIpc) is 2.04. The van der Waals surface area contributed by atoms with Crippen molar-refractivity contribution in [1.82, 2.24) is 0 Å². The minimum atomic E-state index is -3.69. The minimum Gasteiger partial charge on any atom is -0.430 e. The van der Waals surface area contributed by atoms with Crippen molar-refractivity contribution >= 4 is 30.5 Å². The van der Waals surface area contributed by atoms with Gasteiger partial charge in [-0.25, -0.2) is 4.57 Å². The first kappa shape index (κ1) is 10.3. The van der Waals surface area contributed by atoms with Crippen LogP contribution in [0.1, 0.15) is 6.42 Å². The molecule has 1 aliphatic rings. The normalized spacial score (nSPS) is 26.4. The molecular formula is C6H8ClN2O3P. The van der Waals surface area contributed by atoms with E-state index in [9.17, 15) is 9.36 Å². The van der Waals surface area contributed by atoms with E-state index in [0.717, 1.165) is 6.26 Å². The molecule has 0 saturated heterocycles. The molecular weight excluding hydrogens is 215 g/mol. The van der Waals surface area contributed by atoms with Gasteiger partial charge in [0.15, 0.2) is 0 Å². The number of carbonyl (C=O) groups excluding carboxylic acids is 1. The summed E-state index contributed by atoms with van der Waals surface area (Å²) in [5, 5.41) is 0. The smallest absolute Gasteiger partial charge is 0.430 e. The third kappa shape index (κ3) is 2.32. The van der Waals surface area contributed by atoms with Gasteiger partial charge in [-0.05, 0) is 6.08 Å². The number of nitrogens with zero attached hydrogens (tertiary/aromatic N) is 1. The molecule has 5 nitrogen and oxygen atoms in total. The van der Waals surface area contributed by atoms with Gasteiger partial charge < -0.3 is 10.3 Å². The zero-order valence-electron chi connectivity index (χ0n) is 6.64. The van der Waals surface area contributed by atoms with Crippen molar-refractivity contribution in [2.24, 2.45) is 10.5 Å². The molecule has 72 valence electrons. The number of amides is 1. The Morgan fingerprint density at radius 1 is 1.77 bits per heavy atom. The van der Waals surface area contributed by atoms with Gasteiger partial charge in [0, 0.05) is 12.3 Å². The van der Waals surface area contributed by atoms with E-state index in [4.69, 9.17) is 17.3 Å². The third-order valence-corrected chi connectivity index (χ3v) is 3.03. The van der Waals surface area contributed by atoms with Crippen LogP contribution in [0.2, 0.25) is 0 Å². The lowest BCUT2D eigenvalue weighted by Crippen LogP contribution is -2.12. The molecule has 0 aromatic heterocycles. The summed E-state index contributed by atoms with van der Waals surface area (Å²) in [6.07, 6.45) is 3.08. The lowest BCUT2D eigenvalue weighted by atomic mass is 10.3. The van der Waals surface area contributed by atoms with Crippen LogP contribution in [0.5, 0.6) is 0 Å². The van der Waals surface area contributed by atoms with E-state index < -0.39 is 13.2 Å². The highest BCUT2D eigenvalue weighted by Gasteiger charge is 2.32. The molecule has 0 saturated carbocycles. The third-order valence-electron chi connectivity index (χ3n) is 1.35. The van der Waals surface area contributed by atoms with Crippen molar-refractivity contribution in [3.05, 3.63) is 12.3 Å². The molecule has 0 bridgehead atoms. The zero-order valence-corrected chi connectivity index (χ0v) is 8.29. The molecule has 2 N–H and O–H groups in total. The molecule has 1 amide bonds. The molecule has 0 aliphatic carbocycles. The fourth-order valence-corrected chi connectivity index (χ4v) is 1.92. The van der Waals surface area contributed by atoms with E-state index >= 15 is 0 Å². The number of carbonyl (C=O) groups is 1. The van der Waals surface area contributed by atoms with Gasteiger partial charge in [-0.15, -0.1) is 11.6 Å². The number of allylic oxidation sites excluding steroid dienone is 1. The number of halogens is 1. The van der Waals surface area contributed by atoms with Gasteiger partial charge in [-0.2, -0.15) is 4.76 Å². The highest BCUT2D eigenvalue weighted by Crippen LogP contribution is 2.50. The lowest BCUT2D eigenvalue weighted by molar-refractivity contribution is 0.261. The monoisotopic (exact) mass is 222 g/mol. The van der Waals surface area contributed by atoms with Crippen LogP contribution < -0.4 is 5.73 Å². The Hall–Kier alpha value is -0.800. The molecule has 0 aromatic carbocycles. The predicted molar refractivity (Wildman–Crippen MR) is 50.2 cm³/mol. The molecule has 1 rings (SSSR count). The molecule has 13 heavy (non-hydrogen) atoms. The van der Waals surface area contributed by atoms with Gasteiger partial charge in [0.25, 0.3) is 0 Å². The van der Waals surface area contributed by atoms with Gasteiger partial charge in [-0.3, -0.25) is 4.79 Å². The summed E-state index contributed by atoms with van der Waals surface area (Å²) in [7, 11) is -3.69. The quantitative estimate of drug-likeness (QED) is 0.585. The van der Waals surface area contributed by atoms with Crippen LogP contribution in [0, 0.1) is 0 Å². The van der Waals surface area contributed by atoms with E-state index in [-0.39, 0.29) is 0 Å². The molecule has 1 atom stereocenters. The highest BCUT2D eigenvalue weighted by molar-refractivity contribution is 7.75. The summed E-state index contributed by atoms with van der Waals surface area (Å²) in [4.78, 5) is 10.7. The maximum Gasteiger partial charge on any atom is 0.448 e. The van der Waals surface area contributed by atoms with Crippen LogP contribution >= 0.6 is 19.1 Å². The molecule has 0 spiro atoms. The summed E-state index contributed by atoms with van der Waals surface area (Å²) in [6, 6.07) is 0. The van der Waals surface area contributed by atoms with Gasteiger partial charge in [0.1, 0.15) is 0 Å². The molecule has 1 unspecified atom stereocenters. The molecule has 1 aliphatic heterocycles. The largest absolute Gasteiger partial charge is 0.448 e. The van der Waals surface area contributed by atoms with E-state index in [1.54, 1.807) is 0 Å². The summed E-state index contributed by atoms with van der Waals surface area (Å²) in [5.74, 6) is 0.335. The maximum absolute atomic E-state index is 11.4. The van der Waals surface area contributed by atoms with Gasteiger partial charge in [0.05, 0.1) is 12.0 Å². The van der Waals surface area contributed by atoms with Crippen molar-refractivity contribution in [1.29, 1.82) is 0 Å². The second kappa shape index (κ2) is 3.94. The van der Waals surface area contributed by atoms with Crippen molar-refractivity contribution < 1.29 is 13.9 Å². The molecule has 7 heteroatoms. The minimum absolute atomic E-state index is 0.335. The molecule has 1 heterocycles. The van der Waals surface area contributed by atoms with E-state index in [0.29, 0.717) is 18.0 Å². The standard InChI is InChI=1S/C6H8ClN2O3P/c7-3-1-5-2-4-12-13(11,9-5)6(8)10/h2,4H,1,3H2,(H2,8,10). The first-order valence-corrected chi connectivity index (χ1v) is 5.60. The van der Waals surface area contributed by atoms with Crippen LogP contribution in [0.4, 0.5) is 4.79 Å². The van der Waals surface area contributed by atoms with Crippen molar-refractivity contribution in [2.75, 3.05) is 5.88 Å². The fraction of sp³-hybridized carbons (Fsp3) is 0.333. The Morgan fingerprint density at radius 3 is 3.00 bits per heavy atom. The summed E-state index contributed by atoms with van der Waals surface area (Å²) < 4.78 is 19.6. The Kier molecular flexibility index (Phi) is 3.12. The fourth-order valence-electron chi connectivity index (χ4n) is 0.749.